The summed E-state index contributed by atoms with van der Waals surface area (Å²) in [6, 6.07) is 15.2. The van der Waals surface area contributed by atoms with E-state index in [9.17, 15) is 9.59 Å². The van der Waals surface area contributed by atoms with E-state index in [1.165, 1.54) is 6.92 Å². The molecule has 168 valence electrons. The quantitative estimate of drug-likeness (QED) is 0.633. The van der Waals surface area contributed by atoms with Crippen molar-refractivity contribution in [1.82, 2.24) is 9.88 Å². The van der Waals surface area contributed by atoms with Crippen LogP contribution in [0.5, 0.6) is 5.75 Å². The summed E-state index contributed by atoms with van der Waals surface area (Å²) in [5, 5.41) is 3.25. The number of pyridine rings is 1. The third-order valence-corrected chi connectivity index (χ3v) is 5.40. The highest BCUT2D eigenvalue weighted by molar-refractivity contribution is 6.30. The molecule has 1 aliphatic heterocycles. The van der Waals surface area contributed by atoms with Crippen molar-refractivity contribution in [3.63, 3.8) is 0 Å². The zero-order valence-corrected chi connectivity index (χ0v) is 19.4. The van der Waals surface area contributed by atoms with Crippen LogP contribution in [0.1, 0.15) is 36.6 Å². The Morgan fingerprint density at radius 3 is 2.50 bits per heavy atom. The van der Waals surface area contributed by atoms with Crippen molar-refractivity contribution < 1.29 is 14.3 Å². The Balaban J connectivity index is 0.000000427. The number of aryl methyl sites for hydroxylation is 1. The number of rotatable bonds is 3. The van der Waals surface area contributed by atoms with E-state index in [0.717, 1.165) is 40.1 Å². The number of hydrogen-bond acceptors (Lipinski definition) is 4. The van der Waals surface area contributed by atoms with Gasteiger partial charge in [-0.05, 0) is 53.4 Å². The highest BCUT2D eigenvalue weighted by Crippen LogP contribution is 2.41. The summed E-state index contributed by atoms with van der Waals surface area (Å²) >= 11 is 6.04. The molecule has 0 saturated heterocycles. The SMILES string of the molecule is CCNC(C)=O.COc1ccc2c(c1)C(c1ccc(Cl)cc1)OCc1cc(=O)n(C)cc1-2. The predicted octanol–water partition coefficient (Wildman–Crippen LogP) is 4.48. The number of carbonyl (C=O) groups is 1. The monoisotopic (exact) mass is 454 g/mol. The molecule has 2 aromatic carbocycles. The summed E-state index contributed by atoms with van der Waals surface area (Å²) < 4.78 is 13.2. The molecule has 1 unspecified atom stereocenters. The lowest BCUT2D eigenvalue weighted by Gasteiger charge is -2.19. The Hall–Kier alpha value is -3.09. The second kappa shape index (κ2) is 10.5. The summed E-state index contributed by atoms with van der Waals surface area (Å²) in [5.41, 5.74) is 4.88. The predicted molar refractivity (Wildman–Crippen MR) is 126 cm³/mol. The number of nitrogens with one attached hydrogen (secondary N) is 1. The summed E-state index contributed by atoms with van der Waals surface area (Å²) in [7, 11) is 3.41. The van der Waals surface area contributed by atoms with Crippen LogP contribution in [0.2, 0.25) is 5.02 Å². The molecule has 0 aliphatic carbocycles. The number of benzene rings is 2. The molecule has 0 saturated carbocycles. The van der Waals surface area contributed by atoms with Crippen molar-refractivity contribution in [3.05, 3.63) is 86.8 Å². The van der Waals surface area contributed by atoms with Crippen molar-refractivity contribution in [2.45, 2.75) is 26.6 Å². The van der Waals surface area contributed by atoms with Crippen molar-refractivity contribution in [1.29, 1.82) is 0 Å². The van der Waals surface area contributed by atoms with Crippen LogP contribution >= 0.6 is 11.6 Å². The van der Waals surface area contributed by atoms with Gasteiger partial charge in [-0.1, -0.05) is 29.8 Å². The summed E-state index contributed by atoms with van der Waals surface area (Å²) in [5.74, 6) is 0.803. The van der Waals surface area contributed by atoms with Gasteiger partial charge in [-0.25, -0.2) is 0 Å². The van der Waals surface area contributed by atoms with Crippen LogP contribution in [0.4, 0.5) is 0 Å². The van der Waals surface area contributed by atoms with Crippen LogP contribution < -0.4 is 15.6 Å². The fourth-order valence-corrected chi connectivity index (χ4v) is 3.71. The maximum Gasteiger partial charge on any atom is 0.250 e. The van der Waals surface area contributed by atoms with E-state index in [2.05, 4.69) is 5.32 Å². The number of hydrogen-bond donors (Lipinski definition) is 1. The summed E-state index contributed by atoms with van der Waals surface area (Å²) in [6.45, 7) is 4.48. The van der Waals surface area contributed by atoms with Crippen LogP contribution in [0.3, 0.4) is 0 Å². The van der Waals surface area contributed by atoms with Crippen molar-refractivity contribution in [3.8, 4) is 16.9 Å². The molecule has 32 heavy (non-hydrogen) atoms. The first-order valence-electron chi connectivity index (χ1n) is 10.3. The molecule has 1 aromatic heterocycles. The molecule has 6 nitrogen and oxygen atoms in total. The largest absolute Gasteiger partial charge is 0.497 e. The van der Waals surface area contributed by atoms with E-state index in [1.807, 2.05) is 55.6 Å². The van der Waals surface area contributed by atoms with E-state index < -0.39 is 0 Å². The maximum atomic E-state index is 12.1. The summed E-state index contributed by atoms with van der Waals surface area (Å²) in [6.07, 6.45) is 1.60. The van der Waals surface area contributed by atoms with Gasteiger partial charge in [-0.15, -0.1) is 0 Å². The van der Waals surface area contributed by atoms with E-state index in [4.69, 9.17) is 21.1 Å². The molecule has 0 radical (unpaired) electrons. The second-order valence-electron chi connectivity index (χ2n) is 7.44. The standard InChI is InChI=1S/C21H18ClNO3.C4H9NO/c1-23-11-19-14(9-20(23)24)12-26-21(13-3-5-15(22)6-4-13)18-10-16(25-2)7-8-17(18)19;1-3-5-4(2)6/h3-11,21H,12H2,1-2H3;3H2,1-2H3,(H,5,6). The van der Waals surface area contributed by atoms with Crippen molar-refractivity contribution >= 4 is 17.5 Å². The number of aromatic nitrogens is 1. The van der Waals surface area contributed by atoms with E-state index in [-0.39, 0.29) is 17.6 Å². The third kappa shape index (κ3) is 5.39. The Morgan fingerprint density at radius 1 is 1.19 bits per heavy atom. The van der Waals surface area contributed by atoms with Gasteiger partial charge < -0.3 is 19.4 Å². The maximum absolute atomic E-state index is 12.1. The van der Waals surface area contributed by atoms with Gasteiger partial charge in [0.05, 0.1) is 13.7 Å². The highest BCUT2D eigenvalue weighted by atomic mass is 35.5. The number of amides is 1. The second-order valence-corrected chi connectivity index (χ2v) is 7.88. The van der Waals surface area contributed by atoms with Gasteiger partial charge in [0.2, 0.25) is 5.91 Å². The molecule has 1 N–H and O–H groups in total. The minimum Gasteiger partial charge on any atom is -0.497 e. The highest BCUT2D eigenvalue weighted by Gasteiger charge is 2.25. The minimum absolute atomic E-state index is 0.0394. The van der Waals surface area contributed by atoms with Gasteiger partial charge >= 0.3 is 0 Å². The van der Waals surface area contributed by atoms with Gasteiger partial charge in [0.15, 0.2) is 0 Å². The molecule has 1 aliphatic rings. The normalized spacial score (nSPS) is 14.2. The Morgan fingerprint density at radius 2 is 1.91 bits per heavy atom. The lowest BCUT2D eigenvalue weighted by atomic mass is 9.92. The molecule has 7 heteroatoms. The molecule has 0 bridgehead atoms. The fourth-order valence-electron chi connectivity index (χ4n) is 3.59. The molecule has 1 amide bonds. The number of halogens is 1. The Bertz CT molecular complexity index is 1160. The van der Waals surface area contributed by atoms with E-state index in [1.54, 1.807) is 24.8 Å². The van der Waals surface area contributed by atoms with Crippen molar-refractivity contribution in [2.75, 3.05) is 13.7 Å². The lowest BCUT2D eigenvalue weighted by molar-refractivity contribution is -0.118. The summed E-state index contributed by atoms with van der Waals surface area (Å²) in [4.78, 5) is 22.0. The fraction of sp³-hybridized carbons (Fsp3) is 0.280. The lowest BCUT2D eigenvalue weighted by Crippen LogP contribution is -2.18. The third-order valence-electron chi connectivity index (χ3n) is 5.15. The van der Waals surface area contributed by atoms with Crippen LogP contribution in [0, 0.1) is 0 Å². The minimum atomic E-state index is -0.273. The number of methoxy groups -OCH3 is 1. The number of ether oxygens (including phenoxy) is 2. The van der Waals surface area contributed by atoms with Crippen molar-refractivity contribution in [2.24, 2.45) is 7.05 Å². The number of carbonyl (C=O) groups excluding carboxylic acids is 1. The average molecular weight is 455 g/mol. The van der Waals surface area contributed by atoms with Gasteiger partial charge in [0.1, 0.15) is 11.9 Å². The molecule has 1 atom stereocenters. The molecular weight excluding hydrogens is 428 g/mol. The molecule has 3 aromatic rings. The number of fused-ring (bicyclic) bond motifs is 3. The van der Waals surface area contributed by atoms with Crippen LogP contribution in [-0.2, 0) is 23.2 Å². The van der Waals surface area contributed by atoms with E-state index >= 15 is 0 Å². The first-order valence-corrected chi connectivity index (χ1v) is 10.7. The molecule has 2 heterocycles. The zero-order valence-electron chi connectivity index (χ0n) is 18.6. The van der Waals surface area contributed by atoms with Gasteiger partial charge in [-0.3, -0.25) is 9.59 Å². The van der Waals surface area contributed by atoms with Crippen LogP contribution in [-0.4, -0.2) is 24.1 Å². The topological polar surface area (TPSA) is 69.6 Å². The van der Waals surface area contributed by atoms with Gasteiger partial charge in [-0.2, -0.15) is 0 Å². The Labute approximate surface area is 192 Å². The average Bonchev–Trinajstić information content (AvgIpc) is 2.91. The van der Waals surface area contributed by atoms with Crippen LogP contribution in [0.25, 0.3) is 11.1 Å². The molecule has 4 rings (SSSR count). The van der Waals surface area contributed by atoms with Crippen LogP contribution in [0.15, 0.2) is 59.5 Å². The number of nitrogens with zero attached hydrogens (tertiary/aromatic N) is 1. The first kappa shape index (κ1) is 23.6. The van der Waals surface area contributed by atoms with Gasteiger partial charge in [0.25, 0.3) is 5.56 Å². The first-order chi connectivity index (χ1) is 15.3. The van der Waals surface area contributed by atoms with E-state index in [0.29, 0.717) is 11.6 Å². The zero-order chi connectivity index (χ0) is 23.3. The van der Waals surface area contributed by atoms with Gasteiger partial charge in [0, 0.05) is 43.4 Å². The Kier molecular flexibility index (Phi) is 7.72. The molecule has 0 spiro atoms. The molecular formula is C25H27ClN2O4. The molecule has 0 fully saturated rings. The smallest absolute Gasteiger partial charge is 0.250 e.